The number of nitrogens with zero attached hydrogens (tertiary/aromatic N) is 1. The number of carbonyl (C=O) groups excluding carboxylic acids is 2. The van der Waals surface area contributed by atoms with E-state index in [2.05, 4.69) is 0 Å². The Labute approximate surface area is 123 Å². The molecular formula is C13H11NO6S. The van der Waals surface area contributed by atoms with Crippen LogP contribution in [0, 0.1) is 0 Å². The molecule has 110 valence electrons. The van der Waals surface area contributed by atoms with Gasteiger partial charge in [-0.25, -0.2) is 9.59 Å². The first-order valence-corrected chi connectivity index (χ1v) is 7.24. The van der Waals surface area contributed by atoms with Crippen molar-refractivity contribution in [2.45, 2.75) is 6.04 Å². The average Bonchev–Trinajstić information content (AvgIpc) is 2.68. The van der Waals surface area contributed by atoms with Crippen molar-refractivity contribution in [2.24, 2.45) is 0 Å². The van der Waals surface area contributed by atoms with E-state index in [1.165, 1.54) is 23.9 Å². The summed E-state index contributed by atoms with van der Waals surface area (Å²) < 4.78 is 0. The molecular weight excluding hydrogens is 298 g/mol. The molecule has 0 spiro atoms. The van der Waals surface area contributed by atoms with Gasteiger partial charge < -0.3 is 10.2 Å². The maximum absolute atomic E-state index is 12.2. The van der Waals surface area contributed by atoms with E-state index in [0.717, 1.165) is 6.07 Å². The molecule has 2 N–H and O–H groups in total. The molecule has 0 saturated carbocycles. The normalized spacial score (nSPS) is 15.0. The van der Waals surface area contributed by atoms with Crippen LogP contribution >= 0.6 is 11.8 Å². The highest BCUT2D eigenvalue weighted by atomic mass is 32.2. The van der Waals surface area contributed by atoms with Gasteiger partial charge in [0.2, 0.25) is 0 Å². The zero-order chi connectivity index (χ0) is 15.7. The molecule has 1 aliphatic heterocycles. The lowest BCUT2D eigenvalue weighted by molar-refractivity contribution is -0.140. The summed E-state index contributed by atoms with van der Waals surface area (Å²) in [6.45, 7) is 0. The monoisotopic (exact) mass is 309 g/mol. The Morgan fingerprint density at radius 2 is 1.81 bits per heavy atom. The second-order valence-corrected chi connectivity index (χ2v) is 5.27. The number of hydrogen-bond donors (Lipinski definition) is 2. The molecule has 7 nitrogen and oxygen atoms in total. The second kappa shape index (κ2) is 5.57. The van der Waals surface area contributed by atoms with Gasteiger partial charge in [0.1, 0.15) is 6.04 Å². The smallest absolute Gasteiger partial charge is 0.335 e. The molecule has 0 bridgehead atoms. The van der Waals surface area contributed by atoms with E-state index in [0.29, 0.717) is 4.90 Å². The largest absolute Gasteiger partial charge is 0.480 e. The predicted molar refractivity (Wildman–Crippen MR) is 73.7 cm³/mol. The number of fused-ring (bicyclic) bond motifs is 1. The van der Waals surface area contributed by atoms with Gasteiger partial charge in [-0.2, -0.15) is 11.8 Å². The van der Waals surface area contributed by atoms with Crippen LogP contribution in [0.3, 0.4) is 0 Å². The van der Waals surface area contributed by atoms with Crippen LogP contribution in [0.1, 0.15) is 31.1 Å². The molecule has 0 aromatic heterocycles. The first-order valence-electron chi connectivity index (χ1n) is 5.85. The fourth-order valence-electron chi connectivity index (χ4n) is 2.09. The zero-order valence-corrected chi connectivity index (χ0v) is 11.7. The summed E-state index contributed by atoms with van der Waals surface area (Å²) >= 11 is 1.19. The Hall–Kier alpha value is -2.35. The number of aromatic carboxylic acids is 1. The molecule has 1 atom stereocenters. The number of benzene rings is 1. The van der Waals surface area contributed by atoms with Crippen LogP contribution in [0.25, 0.3) is 0 Å². The maximum atomic E-state index is 12.2. The van der Waals surface area contributed by atoms with Crippen molar-refractivity contribution >= 4 is 35.5 Å². The van der Waals surface area contributed by atoms with Gasteiger partial charge in [-0.3, -0.25) is 14.5 Å². The van der Waals surface area contributed by atoms with E-state index < -0.39 is 29.8 Å². The lowest BCUT2D eigenvalue weighted by atomic mass is 10.1. The molecule has 8 heteroatoms. The van der Waals surface area contributed by atoms with E-state index in [-0.39, 0.29) is 22.4 Å². The van der Waals surface area contributed by atoms with Crippen LogP contribution in [0.4, 0.5) is 0 Å². The van der Waals surface area contributed by atoms with E-state index >= 15 is 0 Å². The minimum atomic E-state index is -1.28. The molecule has 1 aromatic rings. The minimum Gasteiger partial charge on any atom is -0.480 e. The Morgan fingerprint density at radius 1 is 1.19 bits per heavy atom. The highest BCUT2D eigenvalue weighted by Crippen LogP contribution is 2.27. The lowest BCUT2D eigenvalue weighted by Crippen LogP contribution is -2.46. The maximum Gasteiger partial charge on any atom is 0.335 e. The molecule has 2 amide bonds. The topological polar surface area (TPSA) is 112 Å². The number of aliphatic carboxylic acids is 1. The molecule has 1 heterocycles. The average molecular weight is 309 g/mol. The summed E-state index contributed by atoms with van der Waals surface area (Å²) in [7, 11) is 0. The molecule has 0 radical (unpaired) electrons. The van der Waals surface area contributed by atoms with Gasteiger partial charge in [0, 0.05) is 5.75 Å². The number of carboxylic acids is 2. The quantitative estimate of drug-likeness (QED) is 0.773. The molecule has 0 unspecified atom stereocenters. The Kier molecular flexibility index (Phi) is 3.99. The van der Waals surface area contributed by atoms with Crippen molar-refractivity contribution in [1.82, 2.24) is 4.90 Å². The zero-order valence-electron chi connectivity index (χ0n) is 10.9. The number of amides is 2. The van der Waals surface area contributed by atoms with E-state index in [1.807, 2.05) is 0 Å². The van der Waals surface area contributed by atoms with E-state index in [1.54, 1.807) is 6.26 Å². The van der Waals surface area contributed by atoms with Crippen molar-refractivity contribution in [1.29, 1.82) is 0 Å². The lowest BCUT2D eigenvalue weighted by Gasteiger charge is -2.21. The van der Waals surface area contributed by atoms with Gasteiger partial charge in [0.25, 0.3) is 11.8 Å². The molecule has 0 aliphatic carbocycles. The number of hydrogen-bond acceptors (Lipinski definition) is 5. The summed E-state index contributed by atoms with van der Waals surface area (Å²) in [6, 6.07) is 2.26. The second-order valence-electron chi connectivity index (χ2n) is 4.36. The standard InChI is InChI=1S/C13H11NO6S/c1-21-5-9(13(19)20)14-10(15)7-3-2-6(12(17)18)4-8(7)11(14)16/h2-4,9H,5H2,1H3,(H,17,18)(H,19,20)/t9-/m1/s1. The highest BCUT2D eigenvalue weighted by Gasteiger charge is 2.42. The molecule has 21 heavy (non-hydrogen) atoms. The number of thioether (sulfide) groups is 1. The van der Waals surface area contributed by atoms with Gasteiger partial charge >= 0.3 is 11.9 Å². The van der Waals surface area contributed by atoms with Crippen LogP contribution in [0.5, 0.6) is 0 Å². The number of carboxylic acid groups (broad SMARTS) is 2. The van der Waals surface area contributed by atoms with Crippen molar-refractivity contribution in [3.05, 3.63) is 34.9 Å². The fourth-order valence-corrected chi connectivity index (χ4v) is 2.70. The van der Waals surface area contributed by atoms with Crippen molar-refractivity contribution in [3.63, 3.8) is 0 Å². The van der Waals surface area contributed by atoms with Gasteiger partial charge in [-0.1, -0.05) is 0 Å². The molecule has 0 fully saturated rings. The summed E-state index contributed by atoms with van der Waals surface area (Å²) in [5.41, 5.74) is -0.182. The summed E-state index contributed by atoms with van der Waals surface area (Å²) in [5.74, 6) is -3.94. The van der Waals surface area contributed by atoms with Crippen molar-refractivity contribution < 1.29 is 29.4 Å². The summed E-state index contributed by atoms with van der Waals surface area (Å²) in [5, 5.41) is 18.1. The van der Waals surface area contributed by atoms with Crippen LogP contribution in [-0.4, -0.2) is 56.9 Å². The van der Waals surface area contributed by atoms with Crippen LogP contribution < -0.4 is 0 Å². The third-order valence-corrected chi connectivity index (χ3v) is 3.74. The van der Waals surface area contributed by atoms with Gasteiger partial charge in [0.05, 0.1) is 16.7 Å². The minimum absolute atomic E-state index is 0.0253. The molecule has 1 aromatic carbocycles. The van der Waals surface area contributed by atoms with Crippen molar-refractivity contribution in [2.75, 3.05) is 12.0 Å². The van der Waals surface area contributed by atoms with E-state index in [4.69, 9.17) is 10.2 Å². The Balaban J connectivity index is 2.46. The molecule has 1 aliphatic rings. The van der Waals surface area contributed by atoms with Gasteiger partial charge in [-0.15, -0.1) is 0 Å². The van der Waals surface area contributed by atoms with E-state index in [9.17, 15) is 19.2 Å². The number of carbonyl (C=O) groups is 4. The number of imide groups is 1. The highest BCUT2D eigenvalue weighted by molar-refractivity contribution is 7.98. The van der Waals surface area contributed by atoms with Crippen LogP contribution in [-0.2, 0) is 4.79 Å². The predicted octanol–water partition coefficient (Wildman–Crippen LogP) is 0.797. The Morgan fingerprint density at radius 3 is 2.33 bits per heavy atom. The van der Waals surface area contributed by atoms with Crippen LogP contribution in [0.15, 0.2) is 18.2 Å². The first kappa shape index (κ1) is 15.0. The summed E-state index contributed by atoms with van der Waals surface area (Å²) in [6.07, 6.45) is 1.66. The molecule has 0 saturated heterocycles. The van der Waals surface area contributed by atoms with Crippen molar-refractivity contribution in [3.8, 4) is 0 Å². The fraction of sp³-hybridized carbons (Fsp3) is 0.231. The Bertz CT molecular complexity index is 656. The van der Waals surface area contributed by atoms with Gasteiger partial charge in [0.15, 0.2) is 0 Å². The van der Waals surface area contributed by atoms with Gasteiger partial charge in [-0.05, 0) is 24.5 Å². The SMILES string of the molecule is CSC[C@H](C(=O)O)N1C(=O)c2ccc(C(=O)O)cc2C1=O. The summed E-state index contributed by atoms with van der Waals surface area (Å²) in [4.78, 5) is 47.3. The first-order chi connectivity index (χ1) is 9.88. The third-order valence-electron chi connectivity index (χ3n) is 3.09. The van der Waals surface area contributed by atoms with Crippen LogP contribution in [0.2, 0.25) is 0 Å². The molecule has 2 rings (SSSR count). The third kappa shape index (κ3) is 2.49. The number of rotatable bonds is 5.